The summed E-state index contributed by atoms with van der Waals surface area (Å²) in [6.45, 7) is 9.08. The Labute approximate surface area is 145 Å². The number of benzene rings is 2. The van der Waals surface area contributed by atoms with Gasteiger partial charge in [0.25, 0.3) is 0 Å². The molecule has 0 amide bonds. The lowest BCUT2D eigenvalue weighted by Gasteiger charge is -2.25. The molecule has 1 aromatic heterocycles. The molecule has 0 bridgehead atoms. The summed E-state index contributed by atoms with van der Waals surface area (Å²) < 4.78 is 2.19. The van der Waals surface area contributed by atoms with Crippen LogP contribution in [0.2, 0.25) is 0 Å². The van der Waals surface area contributed by atoms with Crippen LogP contribution in [0.3, 0.4) is 0 Å². The maximum Gasteiger partial charge on any atom is 0.212 e. The number of aryl methyl sites for hydroxylation is 2. The topological polar surface area (TPSA) is 3.88 Å². The van der Waals surface area contributed by atoms with Crippen molar-refractivity contribution < 1.29 is 4.57 Å². The minimum Gasteiger partial charge on any atom is -0.201 e. The third-order valence-corrected chi connectivity index (χ3v) is 4.59. The zero-order chi connectivity index (χ0) is 17.3. The average molecular weight is 316 g/mol. The first kappa shape index (κ1) is 16.4. The van der Waals surface area contributed by atoms with Crippen molar-refractivity contribution in [3.63, 3.8) is 0 Å². The molecule has 0 saturated heterocycles. The molecule has 0 radical (unpaired) electrons. The van der Waals surface area contributed by atoms with Crippen molar-refractivity contribution in [2.75, 3.05) is 0 Å². The zero-order valence-electron chi connectivity index (χ0n) is 15.3. The standard InChI is InChI=1S/C23H26N/c1-17-15-20(18-11-7-6-8-12-18)21(23(2,3)4)16-19(17)22-13-9-10-14-24(22)5/h6-16H,1-5H3/q+1. The van der Waals surface area contributed by atoms with E-state index in [9.17, 15) is 0 Å². The number of rotatable bonds is 2. The number of pyridine rings is 1. The van der Waals surface area contributed by atoms with Crippen LogP contribution < -0.4 is 4.57 Å². The lowest BCUT2D eigenvalue weighted by atomic mass is 9.79. The fraction of sp³-hybridized carbons (Fsp3) is 0.261. The molecule has 0 aliphatic carbocycles. The molecule has 2 aromatic carbocycles. The van der Waals surface area contributed by atoms with Crippen LogP contribution >= 0.6 is 0 Å². The van der Waals surface area contributed by atoms with Gasteiger partial charge in [-0.3, -0.25) is 0 Å². The summed E-state index contributed by atoms with van der Waals surface area (Å²) >= 11 is 0. The van der Waals surface area contributed by atoms with Gasteiger partial charge in [-0.05, 0) is 46.7 Å². The number of hydrogen-bond donors (Lipinski definition) is 0. The molecule has 0 aliphatic heterocycles. The zero-order valence-corrected chi connectivity index (χ0v) is 15.3. The van der Waals surface area contributed by atoms with Crippen molar-refractivity contribution >= 4 is 0 Å². The van der Waals surface area contributed by atoms with E-state index >= 15 is 0 Å². The van der Waals surface area contributed by atoms with Gasteiger partial charge >= 0.3 is 0 Å². The Balaban J connectivity index is 2.28. The van der Waals surface area contributed by atoms with E-state index in [0.29, 0.717) is 0 Å². The second-order valence-electron chi connectivity index (χ2n) is 7.53. The molecule has 0 fully saturated rings. The summed E-state index contributed by atoms with van der Waals surface area (Å²) in [5.74, 6) is 0. The van der Waals surface area contributed by atoms with E-state index in [2.05, 4.69) is 106 Å². The summed E-state index contributed by atoms with van der Waals surface area (Å²) in [4.78, 5) is 0. The van der Waals surface area contributed by atoms with Crippen LogP contribution in [0.1, 0.15) is 31.9 Å². The van der Waals surface area contributed by atoms with Crippen molar-refractivity contribution in [2.24, 2.45) is 7.05 Å². The summed E-state index contributed by atoms with van der Waals surface area (Å²) in [6, 6.07) is 21.8. The highest BCUT2D eigenvalue weighted by Crippen LogP contribution is 2.37. The van der Waals surface area contributed by atoms with Gasteiger partial charge in [0.15, 0.2) is 6.20 Å². The van der Waals surface area contributed by atoms with Crippen LogP contribution in [0.25, 0.3) is 22.4 Å². The molecule has 3 aromatic rings. The predicted molar refractivity (Wildman–Crippen MR) is 102 cm³/mol. The van der Waals surface area contributed by atoms with E-state index in [1.165, 1.54) is 33.5 Å². The highest BCUT2D eigenvalue weighted by molar-refractivity contribution is 5.75. The molecule has 0 N–H and O–H groups in total. The molecule has 0 atom stereocenters. The first-order chi connectivity index (χ1) is 11.4. The normalized spacial score (nSPS) is 11.5. The van der Waals surface area contributed by atoms with Crippen LogP contribution in [0.4, 0.5) is 0 Å². The molecular weight excluding hydrogens is 290 g/mol. The molecule has 1 heteroatoms. The largest absolute Gasteiger partial charge is 0.212 e. The SMILES string of the molecule is Cc1cc(-c2ccccc2)c(C(C)(C)C)cc1-c1cccc[n+]1C. The maximum absolute atomic E-state index is 2.38. The monoisotopic (exact) mass is 316 g/mol. The maximum atomic E-state index is 2.38. The Morgan fingerprint density at radius 1 is 0.792 bits per heavy atom. The van der Waals surface area contributed by atoms with Gasteiger partial charge in [-0.15, -0.1) is 0 Å². The minimum absolute atomic E-state index is 0.0843. The second kappa shape index (κ2) is 6.24. The van der Waals surface area contributed by atoms with E-state index in [-0.39, 0.29) is 5.41 Å². The van der Waals surface area contributed by atoms with E-state index in [1.54, 1.807) is 0 Å². The fourth-order valence-electron chi connectivity index (χ4n) is 3.26. The van der Waals surface area contributed by atoms with E-state index in [1.807, 2.05) is 0 Å². The predicted octanol–water partition coefficient (Wildman–Crippen LogP) is 5.45. The number of hydrogen-bond acceptors (Lipinski definition) is 0. The second-order valence-corrected chi connectivity index (χ2v) is 7.53. The van der Waals surface area contributed by atoms with Crippen LogP contribution in [-0.2, 0) is 12.5 Å². The quantitative estimate of drug-likeness (QED) is 0.553. The molecule has 1 nitrogen and oxygen atoms in total. The van der Waals surface area contributed by atoms with Gasteiger partial charge in [0.2, 0.25) is 5.69 Å². The lowest BCUT2D eigenvalue weighted by Crippen LogP contribution is -2.30. The molecule has 3 rings (SSSR count). The Morgan fingerprint density at radius 3 is 2.08 bits per heavy atom. The number of aromatic nitrogens is 1. The van der Waals surface area contributed by atoms with Crippen molar-refractivity contribution in [1.29, 1.82) is 0 Å². The Kier molecular flexibility index (Phi) is 4.28. The summed E-state index contributed by atoms with van der Waals surface area (Å²) in [5.41, 5.74) is 7.96. The summed E-state index contributed by atoms with van der Waals surface area (Å²) in [5, 5.41) is 0. The Bertz CT molecular complexity index is 855. The fourth-order valence-corrected chi connectivity index (χ4v) is 3.26. The van der Waals surface area contributed by atoms with E-state index in [0.717, 1.165) is 0 Å². The highest BCUT2D eigenvalue weighted by Gasteiger charge is 2.23. The van der Waals surface area contributed by atoms with Gasteiger partial charge in [-0.1, -0.05) is 57.2 Å². The van der Waals surface area contributed by atoms with Crippen LogP contribution in [0.5, 0.6) is 0 Å². The van der Waals surface area contributed by atoms with Gasteiger partial charge in [-0.25, -0.2) is 4.57 Å². The van der Waals surface area contributed by atoms with Gasteiger partial charge in [0.1, 0.15) is 7.05 Å². The smallest absolute Gasteiger partial charge is 0.201 e. The third-order valence-electron chi connectivity index (χ3n) is 4.59. The first-order valence-corrected chi connectivity index (χ1v) is 8.53. The average Bonchev–Trinajstić information content (AvgIpc) is 2.55. The summed E-state index contributed by atoms with van der Waals surface area (Å²) in [7, 11) is 2.11. The number of nitrogens with zero attached hydrogens (tertiary/aromatic N) is 1. The first-order valence-electron chi connectivity index (χ1n) is 8.53. The van der Waals surface area contributed by atoms with Crippen molar-refractivity contribution in [2.45, 2.75) is 33.1 Å². The molecule has 0 spiro atoms. The third kappa shape index (κ3) is 3.12. The van der Waals surface area contributed by atoms with Gasteiger partial charge in [0.05, 0.1) is 0 Å². The highest BCUT2D eigenvalue weighted by atomic mass is 14.9. The molecule has 1 heterocycles. The van der Waals surface area contributed by atoms with E-state index in [4.69, 9.17) is 0 Å². The Hall–Kier alpha value is -2.41. The van der Waals surface area contributed by atoms with Crippen molar-refractivity contribution in [3.8, 4) is 22.4 Å². The molecule has 0 saturated carbocycles. The van der Waals surface area contributed by atoms with Crippen molar-refractivity contribution in [1.82, 2.24) is 0 Å². The molecule has 0 aliphatic rings. The minimum atomic E-state index is 0.0843. The van der Waals surface area contributed by atoms with Gasteiger partial charge < -0.3 is 0 Å². The lowest BCUT2D eigenvalue weighted by molar-refractivity contribution is -0.660. The van der Waals surface area contributed by atoms with Crippen LogP contribution in [0.15, 0.2) is 66.9 Å². The van der Waals surface area contributed by atoms with Crippen LogP contribution in [0, 0.1) is 6.92 Å². The van der Waals surface area contributed by atoms with Crippen LogP contribution in [-0.4, -0.2) is 0 Å². The van der Waals surface area contributed by atoms with Gasteiger partial charge in [-0.2, -0.15) is 0 Å². The van der Waals surface area contributed by atoms with Gasteiger partial charge in [0, 0.05) is 17.7 Å². The van der Waals surface area contributed by atoms with E-state index < -0.39 is 0 Å². The Morgan fingerprint density at radius 2 is 1.46 bits per heavy atom. The molecule has 24 heavy (non-hydrogen) atoms. The summed E-state index contributed by atoms with van der Waals surface area (Å²) in [6.07, 6.45) is 2.11. The molecule has 122 valence electrons. The molecule has 0 unspecified atom stereocenters. The van der Waals surface area contributed by atoms with Crippen molar-refractivity contribution in [3.05, 3.63) is 78.0 Å². The molecular formula is C23H26N+.